The van der Waals surface area contributed by atoms with Gasteiger partial charge in [0.25, 0.3) is 0 Å². The van der Waals surface area contributed by atoms with Crippen molar-refractivity contribution >= 4 is 16.9 Å². The summed E-state index contributed by atoms with van der Waals surface area (Å²) in [4.78, 5) is 10.9. The molecular formula is C12H13NO4. The maximum absolute atomic E-state index is 10.9. The highest BCUT2D eigenvalue weighted by Gasteiger charge is 2.12. The molecule has 5 heteroatoms. The van der Waals surface area contributed by atoms with Gasteiger partial charge in [0.05, 0.1) is 24.8 Å². The van der Waals surface area contributed by atoms with Gasteiger partial charge in [-0.1, -0.05) is 0 Å². The summed E-state index contributed by atoms with van der Waals surface area (Å²) >= 11 is 0. The summed E-state index contributed by atoms with van der Waals surface area (Å²) < 4.78 is 7.03. The third-order valence-electron chi connectivity index (χ3n) is 2.63. The number of ether oxygens (including phenoxy) is 1. The summed E-state index contributed by atoms with van der Waals surface area (Å²) in [5.41, 5.74) is 0.989. The van der Waals surface area contributed by atoms with E-state index in [1.165, 1.54) is 13.2 Å². The van der Waals surface area contributed by atoms with E-state index in [1.54, 1.807) is 18.3 Å². The summed E-state index contributed by atoms with van der Waals surface area (Å²) in [6.45, 7) is 0.472. The first kappa shape index (κ1) is 11.5. The van der Waals surface area contributed by atoms with Crippen LogP contribution in [0.25, 0.3) is 10.9 Å². The first-order valence-corrected chi connectivity index (χ1v) is 5.18. The second kappa shape index (κ2) is 4.47. The van der Waals surface area contributed by atoms with Gasteiger partial charge in [0.2, 0.25) is 0 Å². The molecule has 0 aliphatic rings. The van der Waals surface area contributed by atoms with Gasteiger partial charge in [0.1, 0.15) is 5.75 Å². The Labute approximate surface area is 97.9 Å². The lowest BCUT2D eigenvalue weighted by molar-refractivity contribution is 0.0696. The number of fused-ring (bicyclic) bond motifs is 1. The number of aromatic nitrogens is 1. The fourth-order valence-electron chi connectivity index (χ4n) is 1.88. The number of rotatable bonds is 4. The Bertz CT molecular complexity index is 559. The van der Waals surface area contributed by atoms with Crippen LogP contribution in [-0.4, -0.2) is 34.5 Å². The van der Waals surface area contributed by atoms with E-state index in [4.69, 9.17) is 14.9 Å². The molecule has 2 aromatic rings. The van der Waals surface area contributed by atoms with Crippen LogP contribution in [-0.2, 0) is 6.54 Å². The molecule has 1 heterocycles. The Hall–Kier alpha value is -2.01. The molecule has 0 bridgehead atoms. The first-order chi connectivity index (χ1) is 8.17. The predicted octanol–water partition coefficient (Wildman–Crippen LogP) is 1.34. The molecule has 0 aliphatic heterocycles. The number of aromatic carboxylic acids is 1. The van der Waals surface area contributed by atoms with Gasteiger partial charge in [-0.2, -0.15) is 0 Å². The zero-order valence-electron chi connectivity index (χ0n) is 9.38. The molecule has 1 aromatic heterocycles. The number of nitrogens with zero attached hydrogens (tertiary/aromatic N) is 1. The van der Waals surface area contributed by atoms with Crippen molar-refractivity contribution in [3.05, 3.63) is 30.0 Å². The van der Waals surface area contributed by atoms with Crippen molar-refractivity contribution in [2.45, 2.75) is 6.54 Å². The normalized spacial score (nSPS) is 10.7. The lowest BCUT2D eigenvalue weighted by Crippen LogP contribution is -2.03. The van der Waals surface area contributed by atoms with Crippen LogP contribution in [0.5, 0.6) is 5.75 Å². The predicted molar refractivity (Wildman–Crippen MR) is 62.5 cm³/mol. The van der Waals surface area contributed by atoms with Crippen molar-refractivity contribution in [3.63, 3.8) is 0 Å². The van der Waals surface area contributed by atoms with E-state index in [2.05, 4.69) is 0 Å². The Morgan fingerprint density at radius 1 is 1.47 bits per heavy atom. The van der Waals surface area contributed by atoms with Crippen LogP contribution < -0.4 is 4.74 Å². The zero-order valence-corrected chi connectivity index (χ0v) is 9.38. The second-order valence-electron chi connectivity index (χ2n) is 3.65. The molecule has 5 nitrogen and oxygen atoms in total. The molecule has 2 N–H and O–H groups in total. The summed E-state index contributed by atoms with van der Waals surface area (Å²) in [5.74, 6) is -0.488. The van der Waals surface area contributed by atoms with Crippen molar-refractivity contribution in [2.75, 3.05) is 13.7 Å². The molecule has 0 saturated heterocycles. The number of methoxy groups -OCH3 is 1. The number of hydrogen-bond donors (Lipinski definition) is 2. The number of aliphatic hydroxyl groups is 1. The largest absolute Gasteiger partial charge is 0.495 e. The molecular weight excluding hydrogens is 222 g/mol. The molecule has 0 atom stereocenters. The highest BCUT2D eigenvalue weighted by atomic mass is 16.5. The van der Waals surface area contributed by atoms with E-state index in [0.29, 0.717) is 12.3 Å². The average molecular weight is 235 g/mol. The Morgan fingerprint density at radius 2 is 2.24 bits per heavy atom. The van der Waals surface area contributed by atoms with Crippen molar-refractivity contribution in [3.8, 4) is 5.75 Å². The van der Waals surface area contributed by atoms with Crippen LogP contribution in [0.4, 0.5) is 0 Å². The lowest BCUT2D eigenvalue weighted by atomic mass is 10.1. The first-order valence-electron chi connectivity index (χ1n) is 5.18. The highest BCUT2D eigenvalue weighted by Crippen LogP contribution is 2.28. The van der Waals surface area contributed by atoms with Crippen molar-refractivity contribution in [1.82, 2.24) is 4.57 Å². The van der Waals surface area contributed by atoms with Gasteiger partial charge in [-0.25, -0.2) is 4.79 Å². The minimum absolute atomic E-state index is 0.0214. The van der Waals surface area contributed by atoms with Crippen LogP contribution in [0, 0.1) is 0 Å². The fourth-order valence-corrected chi connectivity index (χ4v) is 1.88. The molecule has 0 amide bonds. The smallest absolute Gasteiger partial charge is 0.335 e. The van der Waals surface area contributed by atoms with Crippen LogP contribution in [0.15, 0.2) is 24.4 Å². The maximum atomic E-state index is 10.9. The van der Waals surface area contributed by atoms with Crippen LogP contribution in [0.2, 0.25) is 0 Å². The van der Waals surface area contributed by atoms with Gasteiger partial charge < -0.3 is 19.5 Å². The Morgan fingerprint density at radius 3 is 2.82 bits per heavy atom. The quantitative estimate of drug-likeness (QED) is 0.838. The second-order valence-corrected chi connectivity index (χ2v) is 3.65. The van der Waals surface area contributed by atoms with Gasteiger partial charge in [-0.15, -0.1) is 0 Å². The van der Waals surface area contributed by atoms with Crippen LogP contribution in [0.1, 0.15) is 10.4 Å². The van der Waals surface area contributed by atoms with Gasteiger partial charge >= 0.3 is 5.97 Å². The van der Waals surface area contributed by atoms with Gasteiger partial charge in [-0.3, -0.25) is 0 Å². The molecule has 90 valence electrons. The number of carboxylic acids is 1. The highest BCUT2D eigenvalue weighted by molar-refractivity contribution is 5.96. The summed E-state index contributed by atoms with van der Waals surface area (Å²) in [6.07, 6.45) is 1.80. The number of hydrogen-bond acceptors (Lipinski definition) is 3. The Balaban J connectivity index is 2.66. The van der Waals surface area contributed by atoms with E-state index < -0.39 is 5.97 Å². The lowest BCUT2D eigenvalue weighted by Gasteiger charge is -2.08. The zero-order chi connectivity index (χ0) is 12.4. The molecule has 2 rings (SSSR count). The van der Waals surface area contributed by atoms with Crippen LogP contribution >= 0.6 is 0 Å². The van der Waals surface area contributed by atoms with Crippen LogP contribution in [0.3, 0.4) is 0 Å². The van der Waals surface area contributed by atoms with Gasteiger partial charge in [0, 0.05) is 18.1 Å². The van der Waals surface area contributed by atoms with Crippen molar-refractivity contribution < 1.29 is 19.7 Å². The van der Waals surface area contributed by atoms with Crippen molar-refractivity contribution in [2.24, 2.45) is 0 Å². The summed E-state index contributed by atoms with van der Waals surface area (Å²) in [5, 5.41) is 18.7. The topological polar surface area (TPSA) is 71.7 Å². The number of aliphatic hydroxyl groups excluding tert-OH is 1. The van der Waals surface area contributed by atoms with Gasteiger partial charge in [0.15, 0.2) is 0 Å². The number of benzene rings is 1. The third kappa shape index (κ3) is 1.97. The van der Waals surface area contributed by atoms with E-state index in [9.17, 15) is 4.79 Å². The molecule has 0 radical (unpaired) electrons. The summed E-state index contributed by atoms with van der Waals surface area (Å²) in [7, 11) is 1.50. The maximum Gasteiger partial charge on any atom is 0.335 e. The minimum Gasteiger partial charge on any atom is -0.495 e. The Kier molecular flexibility index (Phi) is 3.01. The molecule has 1 aromatic carbocycles. The fraction of sp³-hybridized carbons (Fsp3) is 0.250. The minimum atomic E-state index is -0.986. The van der Waals surface area contributed by atoms with E-state index in [0.717, 1.165) is 10.9 Å². The number of carbonyl (C=O) groups is 1. The number of carboxylic acid groups (broad SMARTS) is 1. The monoisotopic (exact) mass is 235 g/mol. The van der Waals surface area contributed by atoms with E-state index >= 15 is 0 Å². The third-order valence-corrected chi connectivity index (χ3v) is 2.63. The standard InChI is InChI=1S/C12H13NO4/c1-17-10-7-9(12(15)16)6-8-2-3-13(4-5-14)11(8)10/h2-3,6-7,14H,4-5H2,1H3,(H,15,16). The molecule has 0 saturated carbocycles. The van der Waals surface area contributed by atoms with Gasteiger partial charge in [-0.05, 0) is 18.2 Å². The van der Waals surface area contributed by atoms with Crippen molar-refractivity contribution in [1.29, 1.82) is 0 Å². The SMILES string of the molecule is COc1cc(C(=O)O)cc2ccn(CCO)c12. The van der Waals surface area contributed by atoms with E-state index in [1.807, 2.05) is 4.57 Å². The molecule has 0 unspecified atom stereocenters. The summed E-state index contributed by atoms with van der Waals surface area (Å²) in [6, 6.07) is 4.88. The average Bonchev–Trinajstić information content (AvgIpc) is 2.72. The molecule has 0 spiro atoms. The molecule has 0 fully saturated rings. The van der Waals surface area contributed by atoms with E-state index in [-0.39, 0.29) is 12.2 Å². The molecule has 0 aliphatic carbocycles. The molecule has 17 heavy (non-hydrogen) atoms.